The van der Waals surface area contributed by atoms with Crippen LogP contribution < -0.4 is 10.1 Å². The predicted octanol–water partition coefficient (Wildman–Crippen LogP) is 3.47. The Kier molecular flexibility index (Phi) is 5.62. The second-order valence-electron chi connectivity index (χ2n) is 4.64. The quantitative estimate of drug-likeness (QED) is 0.748. The van der Waals surface area contributed by atoms with E-state index < -0.39 is 0 Å². The summed E-state index contributed by atoms with van der Waals surface area (Å²) >= 11 is 0. The summed E-state index contributed by atoms with van der Waals surface area (Å²) in [6.07, 6.45) is 4.09. The SMILES string of the molecule is CCCCOCCNc1nccc2cc(OC)ccc12. The van der Waals surface area contributed by atoms with Crippen LogP contribution in [-0.2, 0) is 4.74 Å². The van der Waals surface area contributed by atoms with Gasteiger partial charge in [0.2, 0.25) is 0 Å². The van der Waals surface area contributed by atoms with E-state index in [0.29, 0.717) is 6.61 Å². The van der Waals surface area contributed by atoms with Crippen molar-refractivity contribution in [3.05, 3.63) is 30.5 Å². The number of hydrogen-bond acceptors (Lipinski definition) is 4. The van der Waals surface area contributed by atoms with E-state index in [1.54, 1.807) is 7.11 Å². The molecule has 0 saturated carbocycles. The van der Waals surface area contributed by atoms with E-state index in [1.165, 1.54) is 6.42 Å². The summed E-state index contributed by atoms with van der Waals surface area (Å²) < 4.78 is 10.8. The molecule has 4 nitrogen and oxygen atoms in total. The Morgan fingerprint density at radius 3 is 2.90 bits per heavy atom. The van der Waals surface area contributed by atoms with Gasteiger partial charge in [0.05, 0.1) is 13.7 Å². The standard InChI is InChI=1S/C16H22N2O2/c1-3-4-10-20-11-9-18-16-15-6-5-14(19-2)12-13(15)7-8-17-16/h5-8,12H,3-4,9-11H2,1-2H3,(H,17,18). The third-order valence-corrected chi connectivity index (χ3v) is 3.15. The molecule has 0 bridgehead atoms. The lowest BCUT2D eigenvalue weighted by Gasteiger charge is -2.10. The third kappa shape index (κ3) is 3.84. The molecule has 0 spiro atoms. The summed E-state index contributed by atoms with van der Waals surface area (Å²) in [4.78, 5) is 4.39. The molecule has 0 amide bonds. The number of nitrogens with one attached hydrogen (secondary N) is 1. The van der Waals surface area contributed by atoms with Gasteiger partial charge < -0.3 is 14.8 Å². The Balaban J connectivity index is 1.96. The van der Waals surface area contributed by atoms with Gasteiger partial charge in [-0.05, 0) is 36.1 Å². The average molecular weight is 274 g/mol. The number of ether oxygens (including phenoxy) is 2. The Morgan fingerprint density at radius 1 is 1.20 bits per heavy atom. The maximum absolute atomic E-state index is 5.53. The van der Waals surface area contributed by atoms with Crippen LogP contribution >= 0.6 is 0 Å². The summed E-state index contributed by atoms with van der Waals surface area (Å²) in [5.41, 5.74) is 0. The van der Waals surface area contributed by atoms with Gasteiger partial charge in [0.25, 0.3) is 0 Å². The van der Waals surface area contributed by atoms with Crippen molar-refractivity contribution >= 4 is 16.6 Å². The van der Waals surface area contributed by atoms with Gasteiger partial charge in [-0.25, -0.2) is 4.98 Å². The third-order valence-electron chi connectivity index (χ3n) is 3.15. The number of nitrogens with zero attached hydrogens (tertiary/aromatic N) is 1. The van der Waals surface area contributed by atoms with E-state index in [4.69, 9.17) is 9.47 Å². The van der Waals surface area contributed by atoms with E-state index in [2.05, 4.69) is 17.2 Å². The lowest BCUT2D eigenvalue weighted by Crippen LogP contribution is -2.11. The van der Waals surface area contributed by atoms with E-state index in [1.807, 2.05) is 30.5 Å². The molecule has 108 valence electrons. The van der Waals surface area contributed by atoms with Gasteiger partial charge in [-0.2, -0.15) is 0 Å². The smallest absolute Gasteiger partial charge is 0.133 e. The highest BCUT2D eigenvalue weighted by Gasteiger charge is 2.03. The van der Waals surface area contributed by atoms with Crippen LogP contribution in [0.3, 0.4) is 0 Å². The second-order valence-corrected chi connectivity index (χ2v) is 4.64. The van der Waals surface area contributed by atoms with Crippen LogP contribution in [0.1, 0.15) is 19.8 Å². The Hall–Kier alpha value is -1.81. The molecule has 2 aromatic rings. The number of hydrogen-bond donors (Lipinski definition) is 1. The molecular formula is C16H22N2O2. The number of fused-ring (bicyclic) bond motifs is 1. The molecule has 0 radical (unpaired) electrons. The van der Waals surface area contributed by atoms with Crippen molar-refractivity contribution in [3.8, 4) is 5.75 Å². The van der Waals surface area contributed by atoms with Gasteiger partial charge in [0.15, 0.2) is 0 Å². The maximum Gasteiger partial charge on any atom is 0.133 e. The minimum Gasteiger partial charge on any atom is -0.497 e. The summed E-state index contributed by atoms with van der Waals surface area (Å²) in [5.74, 6) is 1.75. The molecule has 4 heteroatoms. The molecule has 1 N–H and O–H groups in total. The van der Waals surface area contributed by atoms with Crippen LogP contribution in [0.5, 0.6) is 5.75 Å². The summed E-state index contributed by atoms with van der Waals surface area (Å²) in [6, 6.07) is 7.98. The van der Waals surface area contributed by atoms with Crippen molar-refractivity contribution in [1.29, 1.82) is 0 Å². The highest BCUT2D eigenvalue weighted by molar-refractivity contribution is 5.92. The first kappa shape index (κ1) is 14.6. The van der Waals surface area contributed by atoms with Crippen molar-refractivity contribution in [1.82, 2.24) is 4.98 Å². The number of aromatic nitrogens is 1. The number of unbranched alkanes of at least 4 members (excludes halogenated alkanes) is 1. The number of rotatable bonds is 8. The molecular weight excluding hydrogens is 252 g/mol. The normalized spacial score (nSPS) is 10.7. The molecule has 0 atom stereocenters. The Labute approximate surface area is 120 Å². The largest absolute Gasteiger partial charge is 0.497 e. The minimum atomic E-state index is 0.703. The molecule has 0 aliphatic heterocycles. The van der Waals surface area contributed by atoms with Gasteiger partial charge in [0, 0.05) is 24.7 Å². The molecule has 0 aliphatic rings. The molecule has 0 unspecified atom stereocenters. The average Bonchev–Trinajstić information content (AvgIpc) is 2.50. The van der Waals surface area contributed by atoms with Gasteiger partial charge in [0.1, 0.15) is 11.6 Å². The van der Waals surface area contributed by atoms with E-state index >= 15 is 0 Å². The number of pyridine rings is 1. The summed E-state index contributed by atoms with van der Waals surface area (Å²) in [6.45, 7) is 4.46. The van der Waals surface area contributed by atoms with Crippen molar-refractivity contribution in [2.75, 3.05) is 32.2 Å². The number of methoxy groups -OCH3 is 1. The van der Waals surface area contributed by atoms with Gasteiger partial charge >= 0.3 is 0 Å². The first-order chi connectivity index (χ1) is 9.85. The summed E-state index contributed by atoms with van der Waals surface area (Å²) in [7, 11) is 1.68. The topological polar surface area (TPSA) is 43.4 Å². The van der Waals surface area contributed by atoms with Crippen LogP contribution in [0.2, 0.25) is 0 Å². The molecule has 0 fully saturated rings. The number of benzene rings is 1. The Bertz CT molecular complexity index is 543. The minimum absolute atomic E-state index is 0.703. The molecule has 1 aromatic carbocycles. The molecule has 2 rings (SSSR count). The van der Waals surface area contributed by atoms with E-state index in [-0.39, 0.29) is 0 Å². The zero-order chi connectivity index (χ0) is 14.2. The van der Waals surface area contributed by atoms with Crippen LogP contribution in [0.15, 0.2) is 30.5 Å². The van der Waals surface area contributed by atoms with Crippen LogP contribution in [-0.4, -0.2) is 31.9 Å². The van der Waals surface area contributed by atoms with E-state index in [0.717, 1.165) is 41.9 Å². The highest BCUT2D eigenvalue weighted by atomic mass is 16.5. The number of anilines is 1. The van der Waals surface area contributed by atoms with Crippen molar-refractivity contribution in [2.24, 2.45) is 0 Å². The lowest BCUT2D eigenvalue weighted by molar-refractivity contribution is 0.141. The molecule has 1 heterocycles. The Morgan fingerprint density at radius 2 is 2.10 bits per heavy atom. The molecule has 0 aliphatic carbocycles. The maximum atomic E-state index is 5.53. The van der Waals surface area contributed by atoms with Crippen molar-refractivity contribution in [2.45, 2.75) is 19.8 Å². The van der Waals surface area contributed by atoms with Crippen LogP contribution in [0.4, 0.5) is 5.82 Å². The molecule has 1 aromatic heterocycles. The second kappa shape index (κ2) is 7.70. The predicted molar refractivity (Wildman–Crippen MR) is 82.5 cm³/mol. The monoisotopic (exact) mass is 274 g/mol. The fourth-order valence-electron chi connectivity index (χ4n) is 2.01. The zero-order valence-electron chi connectivity index (χ0n) is 12.2. The fourth-order valence-corrected chi connectivity index (χ4v) is 2.01. The highest BCUT2D eigenvalue weighted by Crippen LogP contribution is 2.24. The first-order valence-corrected chi connectivity index (χ1v) is 7.09. The molecule has 0 saturated heterocycles. The zero-order valence-corrected chi connectivity index (χ0v) is 12.2. The van der Waals surface area contributed by atoms with E-state index in [9.17, 15) is 0 Å². The van der Waals surface area contributed by atoms with Crippen molar-refractivity contribution in [3.63, 3.8) is 0 Å². The van der Waals surface area contributed by atoms with Crippen LogP contribution in [0, 0.1) is 0 Å². The fraction of sp³-hybridized carbons (Fsp3) is 0.438. The van der Waals surface area contributed by atoms with Crippen LogP contribution in [0.25, 0.3) is 10.8 Å². The van der Waals surface area contributed by atoms with Crippen molar-refractivity contribution < 1.29 is 9.47 Å². The van der Waals surface area contributed by atoms with Gasteiger partial charge in [-0.1, -0.05) is 13.3 Å². The van der Waals surface area contributed by atoms with Gasteiger partial charge in [-0.3, -0.25) is 0 Å². The molecule has 20 heavy (non-hydrogen) atoms. The summed E-state index contributed by atoms with van der Waals surface area (Å²) in [5, 5.41) is 5.54. The first-order valence-electron chi connectivity index (χ1n) is 7.09. The lowest BCUT2D eigenvalue weighted by atomic mass is 10.1. The van der Waals surface area contributed by atoms with Gasteiger partial charge in [-0.15, -0.1) is 0 Å².